The molecule has 20 heavy (non-hydrogen) atoms. The molecule has 0 aliphatic rings. The van der Waals surface area contributed by atoms with Crippen LogP contribution in [0.2, 0.25) is 0 Å². The number of rotatable bonds is 2. The van der Waals surface area contributed by atoms with Crippen molar-refractivity contribution >= 4 is 17.1 Å². The molecule has 0 saturated heterocycles. The lowest BCUT2D eigenvalue weighted by Gasteiger charge is -2.08. The highest BCUT2D eigenvalue weighted by molar-refractivity contribution is 5.77. The first-order valence-electron chi connectivity index (χ1n) is 6.05. The highest BCUT2D eigenvalue weighted by atomic mass is 19.1. The van der Waals surface area contributed by atoms with Gasteiger partial charge in [-0.1, -0.05) is 0 Å². The van der Waals surface area contributed by atoms with Crippen molar-refractivity contribution in [2.75, 3.05) is 12.8 Å². The van der Waals surface area contributed by atoms with Crippen molar-refractivity contribution in [1.29, 1.82) is 0 Å². The van der Waals surface area contributed by atoms with E-state index < -0.39 is 5.82 Å². The maximum absolute atomic E-state index is 13.5. The zero-order valence-corrected chi connectivity index (χ0v) is 11.1. The molecule has 0 amide bonds. The molecule has 102 valence electrons. The minimum absolute atomic E-state index is 0.149. The number of aryl methyl sites for hydroxylation is 1. The minimum Gasteiger partial charge on any atom is -0.494 e. The highest BCUT2D eigenvalue weighted by Crippen LogP contribution is 2.26. The number of hydrogen-bond acceptors (Lipinski definition) is 4. The van der Waals surface area contributed by atoms with Crippen LogP contribution < -0.4 is 10.5 Å². The molecule has 6 heteroatoms. The topological polar surface area (TPSA) is 66.0 Å². The molecule has 5 nitrogen and oxygen atoms in total. The molecule has 0 radical (unpaired) electrons. The number of fused-ring (bicyclic) bond motifs is 1. The van der Waals surface area contributed by atoms with E-state index in [1.54, 1.807) is 16.7 Å². The lowest BCUT2D eigenvalue weighted by atomic mass is 10.3. The number of halogens is 1. The van der Waals surface area contributed by atoms with E-state index >= 15 is 0 Å². The number of benzene rings is 1. The van der Waals surface area contributed by atoms with Gasteiger partial charge in [0.1, 0.15) is 5.52 Å². The molecular formula is C14H13FN4O. The first-order valence-corrected chi connectivity index (χ1v) is 6.05. The van der Waals surface area contributed by atoms with Crippen molar-refractivity contribution in [2.24, 2.45) is 0 Å². The van der Waals surface area contributed by atoms with Crippen LogP contribution in [0.25, 0.3) is 16.9 Å². The number of nitrogen functional groups attached to an aromatic ring is 1. The second-order valence-electron chi connectivity index (χ2n) is 4.42. The van der Waals surface area contributed by atoms with Crippen LogP contribution >= 0.6 is 0 Å². The Morgan fingerprint density at radius 3 is 2.75 bits per heavy atom. The summed E-state index contributed by atoms with van der Waals surface area (Å²) >= 11 is 0. The Morgan fingerprint density at radius 1 is 1.20 bits per heavy atom. The Kier molecular flexibility index (Phi) is 2.78. The molecule has 2 N–H and O–H groups in total. The van der Waals surface area contributed by atoms with E-state index in [1.165, 1.54) is 13.2 Å². The number of hydrogen-bond donors (Lipinski definition) is 1. The van der Waals surface area contributed by atoms with E-state index in [0.717, 1.165) is 5.69 Å². The van der Waals surface area contributed by atoms with Crippen LogP contribution in [0.5, 0.6) is 5.75 Å². The van der Waals surface area contributed by atoms with E-state index in [2.05, 4.69) is 9.97 Å². The number of pyridine rings is 1. The van der Waals surface area contributed by atoms with Gasteiger partial charge in [-0.15, -0.1) is 0 Å². The Balaban J connectivity index is 2.28. The molecule has 0 saturated carbocycles. The minimum atomic E-state index is -0.427. The maximum atomic E-state index is 13.5. The maximum Gasteiger partial charge on any atom is 0.207 e. The van der Waals surface area contributed by atoms with Gasteiger partial charge in [-0.3, -0.25) is 4.57 Å². The van der Waals surface area contributed by atoms with Crippen LogP contribution in [0.4, 0.5) is 10.3 Å². The lowest BCUT2D eigenvalue weighted by molar-refractivity contribution is 0.386. The molecule has 1 aromatic carbocycles. The van der Waals surface area contributed by atoms with Crippen LogP contribution in [0.1, 0.15) is 5.69 Å². The van der Waals surface area contributed by atoms with Crippen molar-refractivity contribution in [3.8, 4) is 11.4 Å². The van der Waals surface area contributed by atoms with Crippen molar-refractivity contribution in [2.45, 2.75) is 6.92 Å². The van der Waals surface area contributed by atoms with E-state index in [9.17, 15) is 4.39 Å². The zero-order valence-electron chi connectivity index (χ0n) is 11.1. The summed E-state index contributed by atoms with van der Waals surface area (Å²) in [5.74, 6) is 0.0200. The highest BCUT2D eigenvalue weighted by Gasteiger charge is 2.13. The van der Waals surface area contributed by atoms with Gasteiger partial charge in [0.05, 0.1) is 12.8 Å². The van der Waals surface area contributed by atoms with Crippen LogP contribution in [-0.4, -0.2) is 21.6 Å². The molecule has 0 unspecified atom stereocenters. The van der Waals surface area contributed by atoms with Gasteiger partial charge in [0, 0.05) is 11.8 Å². The summed E-state index contributed by atoms with van der Waals surface area (Å²) < 4.78 is 20.2. The van der Waals surface area contributed by atoms with E-state index in [4.69, 9.17) is 10.5 Å². The van der Waals surface area contributed by atoms with Gasteiger partial charge in [0.15, 0.2) is 17.2 Å². The predicted molar refractivity (Wildman–Crippen MR) is 74.5 cm³/mol. The summed E-state index contributed by atoms with van der Waals surface area (Å²) in [6.07, 6.45) is 0. The van der Waals surface area contributed by atoms with Gasteiger partial charge < -0.3 is 10.5 Å². The van der Waals surface area contributed by atoms with Gasteiger partial charge in [0.25, 0.3) is 0 Å². The fourth-order valence-corrected chi connectivity index (χ4v) is 2.11. The number of anilines is 1. The quantitative estimate of drug-likeness (QED) is 0.778. The Morgan fingerprint density at radius 2 is 2.00 bits per heavy atom. The van der Waals surface area contributed by atoms with E-state index in [1.807, 2.05) is 19.1 Å². The largest absolute Gasteiger partial charge is 0.494 e. The second kappa shape index (κ2) is 4.48. The summed E-state index contributed by atoms with van der Waals surface area (Å²) in [7, 11) is 1.42. The number of nitrogens with two attached hydrogens (primary N) is 1. The fourth-order valence-electron chi connectivity index (χ4n) is 2.11. The summed E-state index contributed by atoms with van der Waals surface area (Å²) in [5.41, 5.74) is 8.78. The summed E-state index contributed by atoms with van der Waals surface area (Å²) in [5, 5.41) is 0. The average molecular weight is 272 g/mol. The average Bonchev–Trinajstić information content (AvgIpc) is 2.75. The first-order chi connectivity index (χ1) is 9.60. The number of ether oxygens (including phenoxy) is 1. The Bertz CT molecular complexity index is 797. The number of imidazole rings is 1. The van der Waals surface area contributed by atoms with Crippen LogP contribution in [0, 0.1) is 12.7 Å². The fraction of sp³-hybridized carbons (Fsp3) is 0.143. The van der Waals surface area contributed by atoms with Gasteiger partial charge >= 0.3 is 0 Å². The Hall–Kier alpha value is -2.63. The third-order valence-corrected chi connectivity index (χ3v) is 3.06. The monoisotopic (exact) mass is 272 g/mol. The summed E-state index contributed by atoms with van der Waals surface area (Å²) in [6.45, 7) is 1.89. The van der Waals surface area contributed by atoms with Gasteiger partial charge in [0.2, 0.25) is 5.95 Å². The first kappa shape index (κ1) is 12.4. The molecule has 0 bridgehead atoms. The second-order valence-corrected chi connectivity index (χ2v) is 4.42. The van der Waals surface area contributed by atoms with E-state index in [-0.39, 0.29) is 5.75 Å². The third-order valence-electron chi connectivity index (χ3n) is 3.06. The molecular weight excluding hydrogens is 259 g/mol. The molecule has 0 aliphatic carbocycles. The Labute approximate surface area is 114 Å². The van der Waals surface area contributed by atoms with Crippen LogP contribution in [0.15, 0.2) is 30.3 Å². The normalized spacial score (nSPS) is 10.9. The predicted octanol–water partition coefficient (Wildman–Crippen LogP) is 2.46. The molecule has 0 spiro atoms. The molecule has 0 aliphatic heterocycles. The number of nitrogens with zero attached hydrogens (tertiary/aromatic N) is 3. The lowest BCUT2D eigenvalue weighted by Crippen LogP contribution is -2.02. The zero-order chi connectivity index (χ0) is 14.3. The molecule has 0 atom stereocenters. The number of aromatic nitrogens is 3. The van der Waals surface area contributed by atoms with Gasteiger partial charge in [-0.25, -0.2) is 14.4 Å². The van der Waals surface area contributed by atoms with Crippen molar-refractivity contribution in [1.82, 2.24) is 14.5 Å². The van der Waals surface area contributed by atoms with Gasteiger partial charge in [-0.05, 0) is 31.2 Å². The standard InChI is InChI=1S/C14H13FN4O/c1-8-3-6-11-13(17-8)19(14(16)18-11)9-4-5-10(15)12(7-9)20-2/h3-7H,1-2H3,(H2,16,18). The van der Waals surface area contributed by atoms with Crippen molar-refractivity contribution in [3.05, 3.63) is 41.8 Å². The summed E-state index contributed by atoms with van der Waals surface area (Å²) in [6, 6.07) is 8.22. The van der Waals surface area contributed by atoms with Gasteiger partial charge in [-0.2, -0.15) is 0 Å². The number of methoxy groups -OCH3 is 1. The third kappa shape index (κ3) is 1.85. The summed E-state index contributed by atoms with van der Waals surface area (Å²) in [4.78, 5) is 8.69. The molecule has 2 aromatic heterocycles. The smallest absolute Gasteiger partial charge is 0.207 e. The van der Waals surface area contributed by atoms with Crippen molar-refractivity contribution < 1.29 is 9.13 Å². The molecule has 2 heterocycles. The van der Waals surface area contributed by atoms with Crippen molar-refractivity contribution in [3.63, 3.8) is 0 Å². The molecule has 0 fully saturated rings. The molecule has 3 rings (SSSR count). The van der Waals surface area contributed by atoms with Crippen LogP contribution in [0.3, 0.4) is 0 Å². The molecule has 3 aromatic rings. The SMILES string of the molecule is COc1cc(-n2c(N)nc3ccc(C)nc32)ccc1F. The van der Waals surface area contributed by atoms with Crippen LogP contribution in [-0.2, 0) is 0 Å². The van der Waals surface area contributed by atoms with E-state index in [0.29, 0.717) is 22.8 Å².